The fraction of sp³-hybridized carbons (Fsp3) is 0.704. The lowest BCUT2D eigenvalue weighted by molar-refractivity contribution is -0.308. The molecule has 448 valence electrons. The molecule has 2 bridgehead atoms. The van der Waals surface area contributed by atoms with Crippen LogP contribution in [0.15, 0.2) is 85.1 Å². The Bertz CT molecular complexity index is 1940. The molecule has 19 N–H and O–H groups in total. The third kappa shape index (κ3) is 24.6. The van der Waals surface area contributed by atoms with Crippen molar-refractivity contribution in [3.05, 3.63) is 85.1 Å². The minimum Gasteiger partial charge on any atom is -0.481 e. The number of allylic oxidation sites excluding steroid dienone is 12. The number of esters is 1. The fourth-order valence-electron chi connectivity index (χ4n) is 8.86. The lowest BCUT2D eigenvalue weighted by atomic mass is 9.82. The van der Waals surface area contributed by atoms with E-state index < -0.39 is 178 Å². The summed E-state index contributed by atoms with van der Waals surface area (Å²) in [7, 11) is 1.57. The Morgan fingerprint density at radius 1 is 0.692 bits per heavy atom. The van der Waals surface area contributed by atoms with Crippen LogP contribution in [0.1, 0.15) is 79.1 Å². The van der Waals surface area contributed by atoms with Crippen molar-refractivity contribution >= 4 is 11.9 Å². The van der Waals surface area contributed by atoms with Crippen LogP contribution in [0.2, 0.25) is 0 Å². The first-order chi connectivity index (χ1) is 36.7. The first-order valence-corrected chi connectivity index (χ1v) is 26.3. The summed E-state index contributed by atoms with van der Waals surface area (Å²) in [4.78, 5) is 25.1. The number of nitrogens with one attached hydrogen (secondary N) is 1. The number of cyclic esters (lactones) is 1. The van der Waals surface area contributed by atoms with Crippen LogP contribution in [0.4, 0.5) is 0 Å². The maximum absolute atomic E-state index is 12.6. The molecule has 24 nitrogen and oxygen atoms in total. The highest BCUT2D eigenvalue weighted by molar-refractivity contribution is 5.71. The summed E-state index contributed by atoms with van der Waals surface area (Å²) in [6, 6.07) is -1.15. The van der Waals surface area contributed by atoms with E-state index in [2.05, 4.69) is 5.32 Å². The molecular formula is C54H90N2O22. The van der Waals surface area contributed by atoms with Crippen LogP contribution in [0.25, 0.3) is 0 Å². The van der Waals surface area contributed by atoms with E-state index >= 15 is 0 Å². The molecule has 0 radical (unpaired) electrons. The van der Waals surface area contributed by atoms with Crippen LogP contribution < -0.4 is 11.1 Å². The number of carbonyl (C=O) groups excluding carboxylic acids is 1. The van der Waals surface area contributed by atoms with E-state index in [0.29, 0.717) is 0 Å². The van der Waals surface area contributed by atoms with Crippen molar-refractivity contribution in [1.29, 1.82) is 0 Å². The maximum atomic E-state index is 12.6. The number of aliphatic hydroxyl groups is 15. The van der Waals surface area contributed by atoms with E-state index in [4.69, 9.17) is 45.1 Å². The smallest absolute Gasteiger partial charge is 0.311 e. The monoisotopic (exact) mass is 1120 g/mol. The Labute approximate surface area is 456 Å². The average molecular weight is 1120 g/mol. The van der Waals surface area contributed by atoms with Crippen molar-refractivity contribution in [2.75, 3.05) is 20.2 Å². The Kier molecular flexibility index (Phi) is 32.4. The van der Waals surface area contributed by atoms with E-state index in [1.807, 2.05) is 19.1 Å². The molecule has 3 heterocycles. The van der Waals surface area contributed by atoms with Crippen LogP contribution in [0, 0.1) is 17.8 Å². The van der Waals surface area contributed by atoms with E-state index in [1.54, 1.807) is 87.7 Å². The number of ether oxygens (including phenoxy) is 4. The number of carboxylic acids is 1. The lowest BCUT2D eigenvalue weighted by Gasteiger charge is -2.45. The predicted molar refractivity (Wildman–Crippen MR) is 282 cm³/mol. The summed E-state index contributed by atoms with van der Waals surface area (Å²) in [6.07, 6.45) is -2.19. The van der Waals surface area contributed by atoms with Crippen molar-refractivity contribution in [1.82, 2.24) is 5.32 Å². The molecule has 0 aromatic rings. The Morgan fingerprint density at radius 3 is 1.79 bits per heavy atom. The number of carbonyl (C=O) groups is 2. The number of hydrogen-bond donors (Lipinski definition) is 18. The van der Waals surface area contributed by atoms with E-state index in [0.717, 1.165) is 0 Å². The zero-order chi connectivity index (χ0) is 58.9. The maximum Gasteiger partial charge on any atom is 0.311 e. The number of fused-ring (bicyclic) bond motifs is 2. The third-order valence-electron chi connectivity index (χ3n) is 13.8. The number of likely N-dealkylation sites (N-methyl/N-ethyl adjacent to an activating group) is 1. The number of aliphatic hydroxyl groups excluding tert-OH is 14. The first kappa shape index (κ1) is 70.4. The molecule has 0 aromatic heterocycles. The second kappa shape index (κ2) is 35.9. The third-order valence-corrected chi connectivity index (χ3v) is 13.8. The molecule has 78 heavy (non-hydrogen) atoms. The zero-order valence-corrected chi connectivity index (χ0v) is 45.0. The summed E-state index contributed by atoms with van der Waals surface area (Å²) >= 11 is 0. The summed E-state index contributed by atoms with van der Waals surface area (Å²) in [6.45, 7) is 6.17. The van der Waals surface area contributed by atoms with Crippen LogP contribution in [0.5, 0.6) is 0 Å². The SMILES string of the molecule is CNC[C@@H](O)[C@H](O)[C@@H](O)[C@@H](O)CO.C[C@@H]1[C@H](O)[C@@H](C)\C=C/C=C/C=C/C=C/C=C/C=C/C=C/[C@H](O[C@@H]2O[C@H](C)[C@@H](O)[C@H](N)[C@@H]2O)C[C@@H]2O[C@](O)(C[C@@H](O)C[C@@H](O)[C@H](O)CC[C@@H](O)C[C@@H](O)CC(=O)O[C@H]1C)C[C@H](O)[C@H]2C(=O)O. The molecule has 0 aromatic carbocycles. The number of carboxylic acid groups (broad SMARTS) is 1. The van der Waals surface area contributed by atoms with Gasteiger partial charge in [0.15, 0.2) is 12.1 Å². The van der Waals surface area contributed by atoms with Gasteiger partial charge in [0.2, 0.25) is 0 Å². The minimum atomic E-state index is -2.33. The highest BCUT2D eigenvalue weighted by Gasteiger charge is 2.51. The Balaban J connectivity index is 0.00000141. The van der Waals surface area contributed by atoms with Crippen molar-refractivity contribution in [3.8, 4) is 0 Å². The lowest BCUT2D eigenvalue weighted by Crippen LogP contribution is -2.61. The quantitative estimate of drug-likeness (QED) is 0.105. The van der Waals surface area contributed by atoms with Gasteiger partial charge < -0.3 is 112 Å². The Morgan fingerprint density at radius 2 is 1.24 bits per heavy atom. The summed E-state index contributed by atoms with van der Waals surface area (Å²) in [5, 5.41) is 166. The second-order valence-corrected chi connectivity index (χ2v) is 20.4. The summed E-state index contributed by atoms with van der Waals surface area (Å²) < 4.78 is 23.1. The topological polar surface area (TPSA) is 433 Å². The molecule has 0 spiro atoms. The van der Waals surface area contributed by atoms with Gasteiger partial charge in [0.05, 0.1) is 92.3 Å². The van der Waals surface area contributed by atoms with Gasteiger partial charge in [-0.3, -0.25) is 9.59 Å². The molecule has 2 fully saturated rings. The molecule has 0 unspecified atom stereocenters. The highest BCUT2D eigenvalue weighted by Crippen LogP contribution is 2.38. The summed E-state index contributed by atoms with van der Waals surface area (Å²) in [5.41, 5.74) is 6.02. The highest BCUT2D eigenvalue weighted by atomic mass is 16.7. The molecule has 23 atom stereocenters. The van der Waals surface area contributed by atoms with Gasteiger partial charge >= 0.3 is 11.9 Å². The molecule has 2 saturated heterocycles. The van der Waals surface area contributed by atoms with Crippen molar-refractivity contribution < 1.29 is 110 Å². The van der Waals surface area contributed by atoms with Gasteiger partial charge in [-0.05, 0) is 40.2 Å². The van der Waals surface area contributed by atoms with Gasteiger partial charge in [-0.1, -0.05) is 98.9 Å². The fourth-order valence-corrected chi connectivity index (χ4v) is 8.86. The summed E-state index contributed by atoms with van der Waals surface area (Å²) in [5.74, 6) is -6.83. The van der Waals surface area contributed by atoms with Crippen LogP contribution >= 0.6 is 0 Å². The standard InChI is InChI=1S/C47H73NO17.C7H17NO5/c1-27-17-15-13-11-9-7-5-6-8-10-12-14-16-18-34(64-46-44(58)41(48)43(57)30(4)63-46)24-38-40(45(59)60)37(54)26-47(61,65-38)25-33(51)22-36(53)35(52)20-19-31(49)21-32(50)23-39(55)62-29(3)28(2)42(27)56;1-8-2-4(10)6(12)7(13)5(11)3-9/h5-18,27-38,40-44,46,49-54,56-58,61H,19-26,48H2,1-4H3,(H,59,60);4-13H,2-3H2,1H3/b6-5+,9-7+,10-8+,13-11+,14-12+,17-15-,18-16+;/t27-,28-,29-,30+,31+,32+,33-,34-,35+,36+,37-,38-,40+,41-,42+,43+,44-,46-,47+;4-,5+,6+,7+/m01/s1. The Hall–Kier alpha value is -3.68. The van der Waals surface area contributed by atoms with Gasteiger partial charge in [0, 0.05) is 44.1 Å². The van der Waals surface area contributed by atoms with E-state index in [9.17, 15) is 70.9 Å². The van der Waals surface area contributed by atoms with Gasteiger partial charge in [0.25, 0.3) is 0 Å². The van der Waals surface area contributed by atoms with E-state index in [-0.39, 0.29) is 38.1 Å². The molecule has 0 saturated carbocycles. The number of nitrogens with two attached hydrogens (primary N) is 1. The van der Waals surface area contributed by atoms with Crippen molar-refractivity contribution in [3.63, 3.8) is 0 Å². The predicted octanol–water partition coefficient (Wildman–Crippen LogP) is -2.65. The second-order valence-electron chi connectivity index (χ2n) is 20.4. The average Bonchev–Trinajstić information content (AvgIpc) is 3.36. The van der Waals surface area contributed by atoms with Gasteiger partial charge in [-0.25, -0.2) is 0 Å². The van der Waals surface area contributed by atoms with Crippen LogP contribution in [-0.2, 0) is 28.5 Å². The molecule has 3 aliphatic heterocycles. The van der Waals surface area contributed by atoms with Gasteiger partial charge in [0.1, 0.15) is 36.4 Å². The molecule has 3 rings (SSSR count). The molecule has 3 aliphatic rings. The van der Waals surface area contributed by atoms with E-state index in [1.165, 1.54) is 13.0 Å². The molecular weight excluding hydrogens is 1030 g/mol. The van der Waals surface area contributed by atoms with Crippen LogP contribution in [-0.4, -0.2) is 236 Å². The molecule has 0 amide bonds. The molecule has 24 heteroatoms. The van der Waals surface area contributed by atoms with Crippen molar-refractivity contribution in [2.45, 2.75) is 201 Å². The van der Waals surface area contributed by atoms with Gasteiger partial charge in [-0.15, -0.1) is 0 Å². The van der Waals surface area contributed by atoms with Crippen LogP contribution in [0.3, 0.4) is 0 Å². The molecule has 0 aliphatic carbocycles. The normalized spacial score (nSPS) is 41.4. The zero-order valence-electron chi connectivity index (χ0n) is 45.0. The first-order valence-electron chi connectivity index (χ1n) is 26.3. The number of aliphatic carboxylic acids is 1. The largest absolute Gasteiger partial charge is 0.481 e. The van der Waals surface area contributed by atoms with Crippen molar-refractivity contribution in [2.24, 2.45) is 23.5 Å². The number of hydrogen-bond acceptors (Lipinski definition) is 23. The number of rotatable bonds is 9. The van der Waals surface area contributed by atoms with Gasteiger partial charge in [-0.2, -0.15) is 0 Å². The minimum absolute atomic E-state index is 0.0936.